The third-order valence-electron chi connectivity index (χ3n) is 2.96. The van der Waals surface area contributed by atoms with E-state index in [2.05, 4.69) is 15.4 Å². The molecule has 0 aliphatic rings. The maximum Gasteiger partial charge on any atom is 0.335 e. The number of pyridine rings is 1. The van der Waals surface area contributed by atoms with Gasteiger partial charge in [0.05, 0.1) is 16.9 Å². The molecule has 0 amide bonds. The van der Waals surface area contributed by atoms with Crippen molar-refractivity contribution in [3.8, 4) is 0 Å². The van der Waals surface area contributed by atoms with Crippen molar-refractivity contribution >= 4 is 17.5 Å². The van der Waals surface area contributed by atoms with Crippen LogP contribution in [0.1, 0.15) is 41.5 Å². The lowest BCUT2D eigenvalue weighted by molar-refractivity contribution is 0.0696. The largest absolute Gasteiger partial charge is 0.478 e. The van der Waals surface area contributed by atoms with Gasteiger partial charge in [-0.1, -0.05) is 13.8 Å². The number of carboxylic acids is 1. The van der Waals surface area contributed by atoms with E-state index in [0.29, 0.717) is 5.82 Å². The zero-order valence-corrected chi connectivity index (χ0v) is 12.0. The molecule has 6 nitrogen and oxygen atoms in total. The lowest BCUT2D eigenvalue weighted by Gasteiger charge is -2.10. The molecule has 0 fully saturated rings. The normalized spacial score (nSPS) is 10.8. The molecule has 0 aliphatic heterocycles. The summed E-state index contributed by atoms with van der Waals surface area (Å²) >= 11 is 0. The summed E-state index contributed by atoms with van der Waals surface area (Å²) in [5.74, 6) is -0.283. The minimum absolute atomic E-state index is 0.157. The number of carboxylic acid groups (broad SMARTS) is 1. The average Bonchev–Trinajstić information content (AvgIpc) is 2.67. The van der Waals surface area contributed by atoms with E-state index in [1.54, 1.807) is 10.7 Å². The minimum atomic E-state index is -0.958. The fraction of sp³-hybridized carbons (Fsp3) is 0.357. The molecule has 0 saturated carbocycles. The molecular weight excluding hydrogens is 256 g/mol. The van der Waals surface area contributed by atoms with Gasteiger partial charge in [0.15, 0.2) is 0 Å². The van der Waals surface area contributed by atoms with Crippen LogP contribution in [-0.2, 0) is 7.05 Å². The van der Waals surface area contributed by atoms with Gasteiger partial charge < -0.3 is 10.4 Å². The molecule has 2 aromatic heterocycles. The summed E-state index contributed by atoms with van der Waals surface area (Å²) in [6.07, 6.45) is 1.83. The number of hydrogen-bond acceptors (Lipinski definition) is 4. The Bertz CT molecular complexity index is 647. The molecule has 2 heterocycles. The molecule has 0 radical (unpaired) electrons. The molecule has 106 valence electrons. The van der Waals surface area contributed by atoms with E-state index in [9.17, 15) is 4.79 Å². The lowest BCUT2D eigenvalue weighted by atomic mass is 10.1. The molecule has 2 aromatic rings. The third kappa shape index (κ3) is 2.96. The molecule has 2 N–H and O–H groups in total. The highest BCUT2D eigenvalue weighted by molar-refractivity contribution is 5.89. The van der Waals surface area contributed by atoms with Crippen LogP contribution in [0.4, 0.5) is 11.5 Å². The van der Waals surface area contributed by atoms with Crippen LogP contribution in [0.5, 0.6) is 0 Å². The number of anilines is 2. The second-order valence-corrected chi connectivity index (χ2v) is 5.05. The van der Waals surface area contributed by atoms with E-state index in [-0.39, 0.29) is 11.5 Å². The van der Waals surface area contributed by atoms with Gasteiger partial charge in [0.2, 0.25) is 0 Å². The van der Waals surface area contributed by atoms with Crippen LogP contribution in [0.25, 0.3) is 0 Å². The predicted molar refractivity (Wildman–Crippen MR) is 76.5 cm³/mol. The Kier molecular flexibility index (Phi) is 3.74. The van der Waals surface area contributed by atoms with Gasteiger partial charge in [-0.05, 0) is 25.0 Å². The van der Waals surface area contributed by atoms with E-state index in [1.807, 2.05) is 34.0 Å². The maximum absolute atomic E-state index is 11.2. The van der Waals surface area contributed by atoms with E-state index < -0.39 is 5.97 Å². The zero-order valence-electron chi connectivity index (χ0n) is 12.0. The molecule has 20 heavy (non-hydrogen) atoms. The van der Waals surface area contributed by atoms with Gasteiger partial charge in [0, 0.05) is 18.9 Å². The Balaban J connectivity index is 2.40. The Morgan fingerprint density at radius 1 is 1.40 bits per heavy atom. The van der Waals surface area contributed by atoms with Crippen LogP contribution in [0.15, 0.2) is 18.3 Å². The molecule has 0 saturated heterocycles. The van der Waals surface area contributed by atoms with Crippen LogP contribution in [0, 0.1) is 6.92 Å². The van der Waals surface area contributed by atoms with Crippen molar-refractivity contribution in [3.63, 3.8) is 0 Å². The zero-order chi connectivity index (χ0) is 14.9. The Morgan fingerprint density at radius 2 is 2.10 bits per heavy atom. The number of nitrogens with one attached hydrogen (secondary N) is 1. The number of hydrogen-bond donors (Lipinski definition) is 2. The number of carbonyl (C=O) groups is 1. The summed E-state index contributed by atoms with van der Waals surface area (Å²) in [5, 5.41) is 16.5. The third-order valence-corrected chi connectivity index (χ3v) is 2.96. The number of aromatic carboxylic acids is 1. The monoisotopic (exact) mass is 274 g/mol. The van der Waals surface area contributed by atoms with Crippen LogP contribution < -0.4 is 5.32 Å². The van der Waals surface area contributed by atoms with Gasteiger partial charge in [-0.3, -0.25) is 4.68 Å². The average molecular weight is 274 g/mol. The van der Waals surface area contributed by atoms with Gasteiger partial charge in [-0.2, -0.15) is 5.10 Å². The van der Waals surface area contributed by atoms with Crippen molar-refractivity contribution in [1.29, 1.82) is 0 Å². The number of rotatable bonds is 4. The van der Waals surface area contributed by atoms with E-state index >= 15 is 0 Å². The van der Waals surface area contributed by atoms with Crippen LogP contribution in [0.2, 0.25) is 0 Å². The number of aryl methyl sites for hydroxylation is 2. The molecule has 6 heteroatoms. The fourth-order valence-electron chi connectivity index (χ4n) is 1.90. The molecule has 0 atom stereocenters. The number of nitrogens with zero attached hydrogens (tertiary/aromatic N) is 3. The summed E-state index contributed by atoms with van der Waals surface area (Å²) in [7, 11) is 1.83. The van der Waals surface area contributed by atoms with Crippen molar-refractivity contribution in [2.45, 2.75) is 26.7 Å². The Labute approximate surface area is 117 Å². The summed E-state index contributed by atoms with van der Waals surface area (Å²) in [6.45, 7) is 5.84. The molecule has 0 bridgehead atoms. The summed E-state index contributed by atoms with van der Waals surface area (Å²) < 4.78 is 1.70. The fourth-order valence-corrected chi connectivity index (χ4v) is 1.90. The van der Waals surface area contributed by atoms with E-state index in [4.69, 9.17) is 5.11 Å². The SMILES string of the molecule is Cc1nn(C)cc1Nc1cc(C(=O)O)cc(C(C)C)n1. The van der Waals surface area contributed by atoms with Gasteiger partial charge in [-0.25, -0.2) is 9.78 Å². The second-order valence-electron chi connectivity index (χ2n) is 5.05. The van der Waals surface area contributed by atoms with Gasteiger partial charge in [-0.15, -0.1) is 0 Å². The first-order chi connectivity index (χ1) is 9.36. The minimum Gasteiger partial charge on any atom is -0.478 e. The van der Waals surface area contributed by atoms with E-state index in [1.165, 1.54) is 6.07 Å². The summed E-state index contributed by atoms with van der Waals surface area (Å²) in [6, 6.07) is 3.13. The van der Waals surface area contributed by atoms with Gasteiger partial charge in [0.1, 0.15) is 5.82 Å². The van der Waals surface area contributed by atoms with Crippen LogP contribution in [0.3, 0.4) is 0 Å². The first-order valence-electron chi connectivity index (χ1n) is 6.39. The molecule has 0 unspecified atom stereocenters. The lowest BCUT2D eigenvalue weighted by Crippen LogP contribution is -2.05. The summed E-state index contributed by atoms with van der Waals surface area (Å²) in [4.78, 5) is 15.6. The second kappa shape index (κ2) is 5.32. The topological polar surface area (TPSA) is 80.0 Å². The Hall–Kier alpha value is -2.37. The first kappa shape index (κ1) is 14.0. The molecular formula is C14H18N4O2. The predicted octanol–water partition coefficient (Wildman–Crippen LogP) is 2.69. The van der Waals surface area contributed by atoms with Crippen molar-refractivity contribution < 1.29 is 9.90 Å². The van der Waals surface area contributed by atoms with Crippen molar-refractivity contribution in [2.75, 3.05) is 5.32 Å². The van der Waals surface area contributed by atoms with Gasteiger partial charge >= 0.3 is 5.97 Å². The van der Waals surface area contributed by atoms with Crippen molar-refractivity contribution in [3.05, 3.63) is 35.3 Å². The molecule has 2 rings (SSSR count). The highest BCUT2D eigenvalue weighted by atomic mass is 16.4. The first-order valence-corrected chi connectivity index (χ1v) is 6.39. The van der Waals surface area contributed by atoms with E-state index in [0.717, 1.165) is 17.1 Å². The highest BCUT2D eigenvalue weighted by Gasteiger charge is 2.12. The smallest absolute Gasteiger partial charge is 0.335 e. The molecule has 0 aliphatic carbocycles. The van der Waals surface area contributed by atoms with Crippen LogP contribution in [-0.4, -0.2) is 25.8 Å². The highest BCUT2D eigenvalue weighted by Crippen LogP contribution is 2.22. The quantitative estimate of drug-likeness (QED) is 0.896. The van der Waals surface area contributed by atoms with Gasteiger partial charge in [0.25, 0.3) is 0 Å². The summed E-state index contributed by atoms with van der Waals surface area (Å²) in [5.41, 5.74) is 2.63. The van der Waals surface area contributed by atoms with Crippen molar-refractivity contribution in [1.82, 2.24) is 14.8 Å². The Morgan fingerprint density at radius 3 is 2.60 bits per heavy atom. The van der Waals surface area contributed by atoms with Crippen LogP contribution >= 0.6 is 0 Å². The number of aromatic nitrogens is 3. The maximum atomic E-state index is 11.2. The van der Waals surface area contributed by atoms with Crippen molar-refractivity contribution in [2.24, 2.45) is 7.05 Å². The molecule has 0 spiro atoms. The standard InChI is InChI=1S/C14H18N4O2/c1-8(2)11-5-10(14(19)20)6-13(15-11)16-12-7-18(4)17-9(12)3/h5-8H,1-4H3,(H,15,16)(H,19,20). The molecule has 0 aromatic carbocycles.